The molecule has 0 aliphatic rings. The largest absolute Gasteiger partial charge is 0.325 e. The lowest BCUT2D eigenvalue weighted by atomic mass is 10.2. The van der Waals surface area contributed by atoms with Crippen LogP contribution in [0.2, 0.25) is 5.02 Å². The van der Waals surface area contributed by atoms with Crippen LogP contribution in [0, 0.1) is 6.92 Å². The van der Waals surface area contributed by atoms with E-state index in [2.05, 4.69) is 36.8 Å². The monoisotopic (exact) mass is 437 g/mol. The number of carbonyl (C=O) groups is 1. The van der Waals surface area contributed by atoms with Gasteiger partial charge in [-0.2, -0.15) is 4.68 Å². The number of thioether (sulfide) groups is 1. The van der Waals surface area contributed by atoms with Crippen molar-refractivity contribution in [1.82, 2.24) is 20.2 Å². The number of amides is 1. The molecule has 0 radical (unpaired) electrons. The number of halogens is 2. The first-order chi connectivity index (χ1) is 12.0. The van der Waals surface area contributed by atoms with E-state index in [1.54, 1.807) is 16.8 Å². The molecule has 3 aromatic rings. The smallest absolute Gasteiger partial charge is 0.234 e. The van der Waals surface area contributed by atoms with Gasteiger partial charge in [0.05, 0.1) is 11.4 Å². The molecule has 0 aliphatic carbocycles. The van der Waals surface area contributed by atoms with Crippen LogP contribution in [0.5, 0.6) is 0 Å². The summed E-state index contributed by atoms with van der Waals surface area (Å²) in [4.78, 5) is 12.2. The van der Waals surface area contributed by atoms with Crippen LogP contribution in [0.1, 0.15) is 5.56 Å². The Morgan fingerprint density at radius 2 is 2.04 bits per heavy atom. The molecule has 0 unspecified atom stereocenters. The molecule has 1 heterocycles. The highest BCUT2D eigenvalue weighted by Crippen LogP contribution is 2.22. The summed E-state index contributed by atoms with van der Waals surface area (Å²) in [6.07, 6.45) is 0. The first-order valence-corrected chi connectivity index (χ1v) is 9.42. The molecule has 0 spiro atoms. The summed E-state index contributed by atoms with van der Waals surface area (Å²) in [6, 6.07) is 12.8. The molecular weight excluding hydrogens is 426 g/mol. The maximum absolute atomic E-state index is 12.2. The molecule has 1 aromatic heterocycles. The number of nitrogens with one attached hydrogen (secondary N) is 1. The lowest BCUT2D eigenvalue weighted by molar-refractivity contribution is -0.113. The minimum Gasteiger partial charge on any atom is -0.325 e. The average Bonchev–Trinajstić information content (AvgIpc) is 3.06. The van der Waals surface area contributed by atoms with Crippen LogP contribution >= 0.6 is 39.3 Å². The van der Waals surface area contributed by atoms with Crippen molar-refractivity contribution >= 4 is 50.9 Å². The summed E-state index contributed by atoms with van der Waals surface area (Å²) in [5.41, 5.74) is 2.58. The third-order valence-corrected chi connectivity index (χ3v) is 5.35. The maximum Gasteiger partial charge on any atom is 0.234 e. The van der Waals surface area contributed by atoms with Crippen molar-refractivity contribution in [1.29, 1.82) is 0 Å². The zero-order valence-corrected chi connectivity index (χ0v) is 16.3. The van der Waals surface area contributed by atoms with Gasteiger partial charge in [-0.3, -0.25) is 4.79 Å². The van der Waals surface area contributed by atoms with Crippen molar-refractivity contribution in [3.63, 3.8) is 0 Å². The van der Waals surface area contributed by atoms with Crippen LogP contribution < -0.4 is 5.32 Å². The van der Waals surface area contributed by atoms with Crippen LogP contribution in [0.15, 0.2) is 52.1 Å². The fraction of sp³-hybridized carbons (Fsp3) is 0.125. The Labute approximate surface area is 162 Å². The van der Waals surface area contributed by atoms with E-state index >= 15 is 0 Å². The highest BCUT2D eigenvalue weighted by Gasteiger charge is 2.12. The van der Waals surface area contributed by atoms with E-state index in [1.807, 2.05) is 37.3 Å². The third kappa shape index (κ3) is 4.59. The first kappa shape index (κ1) is 17.9. The predicted octanol–water partition coefficient (Wildman–Crippen LogP) is 4.12. The van der Waals surface area contributed by atoms with Gasteiger partial charge < -0.3 is 5.32 Å². The molecule has 0 fully saturated rings. The summed E-state index contributed by atoms with van der Waals surface area (Å²) in [7, 11) is 0. The van der Waals surface area contributed by atoms with E-state index in [4.69, 9.17) is 11.6 Å². The van der Waals surface area contributed by atoms with Gasteiger partial charge in [-0.05, 0) is 65.4 Å². The number of tetrazole rings is 1. The maximum atomic E-state index is 12.2. The molecule has 1 amide bonds. The zero-order valence-electron chi connectivity index (χ0n) is 13.1. The predicted molar refractivity (Wildman–Crippen MR) is 102 cm³/mol. The number of benzene rings is 2. The number of rotatable bonds is 5. The van der Waals surface area contributed by atoms with Gasteiger partial charge >= 0.3 is 0 Å². The van der Waals surface area contributed by atoms with E-state index in [0.717, 1.165) is 21.4 Å². The van der Waals surface area contributed by atoms with Crippen molar-refractivity contribution in [2.75, 3.05) is 11.1 Å². The highest BCUT2D eigenvalue weighted by molar-refractivity contribution is 9.10. The number of aromatic nitrogens is 4. The van der Waals surface area contributed by atoms with Crippen molar-refractivity contribution < 1.29 is 4.79 Å². The molecule has 0 aliphatic heterocycles. The number of anilines is 1. The van der Waals surface area contributed by atoms with Crippen molar-refractivity contribution in [3.05, 3.63) is 57.5 Å². The quantitative estimate of drug-likeness (QED) is 0.607. The van der Waals surface area contributed by atoms with Crippen LogP contribution in [-0.2, 0) is 4.79 Å². The molecule has 1 N–H and O–H groups in total. The second-order valence-electron chi connectivity index (χ2n) is 5.15. The van der Waals surface area contributed by atoms with E-state index in [1.165, 1.54) is 11.8 Å². The standard InChI is InChI=1S/C16H13BrClN5OS/c1-10-8-12(4-7-14(10)17)19-15(24)9-25-16-20-21-22-23(16)13-5-2-11(18)3-6-13/h2-8H,9H2,1H3,(H,19,24). The van der Waals surface area contributed by atoms with Crippen LogP contribution in [-0.4, -0.2) is 31.9 Å². The van der Waals surface area contributed by atoms with Gasteiger partial charge in [-0.1, -0.05) is 39.3 Å². The van der Waals surface area contributed by atoms with E-state index in [-0.39, 0.29) is 11.7 Å². The summed E-state index contributed by atoms with van der Waals surface area (Å²) < 4.78 is 2.57. The van der Waals surface area contributed by atoms with E-state index < -0.39 is 0 Å². The van der Waals surface area contributed by atoms with Gasteiger partial charge in [0.1, 0.15) is 0 Å². The van der Waals surface area contributed by atoms with Crippen LogP contribution in [0.3, 0.4) is 0 Å². The Kier molecular flexibility index (Phi) is 5.72. The fourth-order valence-corrected chi connectivity index (χ4v) is 3.13. The molecule has 0 atom stereocenters. The minimum absolute atomic E-state index is 0.127. The number of nitrogens with zero attached hydrogens (tertiary/aromatic N) is 4. The summed E-state index contributed by atoms with van der Waals surface area (Å²) in [6.45, 7) is 1.97. The van der Waals surface area contributed by atoms with Crippen molar-refractivity contribution in [2.45, 2.75) is 12.1 Å². The summed E-state index contributed by atoms with van der Waals surface area (Å²) >= 11 is 10.6. The van der Waals surface area contributed by atoms with Crippen LogP contribution in [0.4, 0.5) is 5.69 Å². The van der Waals surface area contributed by atoms with Gasteiger partial charge in [0.2, 0.25) is 11.1 Å². The Bertz CT molecular complexity index is 900. The van der Waals surface area contributed by atoms with Crippen molar-refractivity contribution in [2.24, 2.45) is 0 Å². The molecular formula is C16H13BrClN5OS. The molecule has 0 saturated heterocycles. The molecule has 3 rings (SSSR count). The van der Waals surface area contributed by atoms with Gasteiger partial charge in [-0.15, -0.1) is 5.10 Å². The summed E-state index contributed by atoms with van der Waals surface area (Å²) in [5, 5.41) is 15.6. The second-order valence-corrected chi connectivity index (χ2v) is 7.38. The Balaban J connectivity index is 1.64. The number of hydrogen-bond donors (Lipinski definition) is 1. The molecule has 0 saturated carbocycles. The van der Waals surface area contributed by atoms with Gasteiger partial charge in [-0.25, -0.2) is 0 Å². The minimum atomic E-state index is -0.127. The first-order valence-electron chi connectivity index (χ1n) is 7.26. The van der Waals surface area contributed by atoms with Gasteiger partial charge in [0.25, 0.3) is 0 Å². The Hall–Kier alpha value is -1.90. The highest BCUT2D eigenvalue weighted by atomic mass is 79.9. The molecule has 6 nitrogen and oxygen atoms in total. The summed E-state index contributed by atoms with van der Waals surface area (Å²) in [5.74, 6) is 0.0701. The van der Waals surface area contributed by atoms with Gasteiger partial charge in [0, 0.05) is 15.2 Å². The van der Waals surface area contributed by atoms with E-state index in [0.29, 0.717) is 10.2 Å². The Morgan fingerprint density at radius 1 is 1.28 bits per heavy atom. The molecule has 9 heteroatoms. The average molecular weight is 439 g/mol. The second kappa shape index (κ2) is 7.99. The normalized spacial score (nSPS) is 10.7. The molecule has 0 bridgehead atoms. The number of aryl methyl sites for hydroxylation is 1. The lowest BCUT2D eigenvalue weighted by Gasteiger charge is -2.07. The molecule has 25 heavy (non-hydrogen) atoms. The Morgan fingerprint density at radius 3 is 2.76 bits per heavy atom. The lowest BCUT2D eigenvalue weighted by Crippen LogP contribution is -2.14. The molecule has 128 valence electrons. The topological polar surface area (TPSA) is 72.7 Å². The number of hydrogen-bond acceptors (Lipinski definition) is 5. The molecule has 2 aromatic carbocycles. The third-order valence-electron chi connectivity index (χ3n) is 3.29. The van der Waals surface area contributed by atoms with E-state index in [9.17, 15) is 4.79 Å². The SMILES string of the molecule is Cc1cc(NC(=O)CSc2nnnn2-c2ccc(Cl)cc2)ccc1Br. The zero-order chi connectivity index (χ0) is 17.8. The van der Waals surface area contributed by atoms with Crippen molar-refractivity contribution in [3.8, 4) is 5.69 Å². The number of carbonyl (C=O) groups excluding carboxylic acids is 1. The fourth-order valence-electron chi connectivity index (χ4n) is 2.06. The van der Waals surface area contributed by atoms with Gasteiger partial charge in [0.15, 0.2) is 0 Å². The van der Waals surface area contributed by atoms with Crippen LogP contribution in [0.25, 0.3) is 5.69 Å².